The number of hydrogen-bond acceptors (Lipinski definition) is 4. The summed E-state index contributed by atoms with van der Waals surface area (Å²) in [4.78, 5) is 15.5. The van der Waals surface area contributed by atoms with E-state index >= 15 is 0 Å². The lowest BCUT2D eigenvalue weighted by Gasteiger charge is -2.06. The number of amides is 1. The highest BCUT2D eigenvalue weighted by Crippen LogP contribution is 2.00. The molecule has 1 rings (SSSR count). The summed E-state index contributed by atoms with van der Waals surface area (Å²) in [6.07, 6.45) is 0.460. The third-order valence-corrected chi connectivity index (χ3v) is 2.14. The number of hydrogen-bond donors (Lipinski definition) is 4. The van der Waals surface area contributed by atoms with E-state index in [1.165, 1.54) is 0 Å². The number of nitrogens with one attached hydrogen (secondary N) is 1. The molecular weight excluding hydrogens is 310 g/mol. The van der Waals surface area contributed by atoms with E-state index in [2.05, 4.69) is 10.3 Å². The topological polar surface area (TPSA) is 142 Å². The number of benzene rings is 1. The van der Waals surface area contributed by atoms with E-state index < -0.39 is 10.4 Å². The van der Waals surface area contributed by atoms with Gasteiger partial charge >= 0.3 is 10.4 Å². The van der Waals surface area contributed by atoms with Gasteiger partial charge < -0.3 is 5.73 Å². The van der Waals surface area contributed by atoms with Crippen LogP contribution in [0.5, 0.6) is 0 Å². The molecule has 1 amide bonds. The predicted octanol–water partition coefficient (Wildman–Crippen LogP) is 1.01. The zero-order chi connectivity index (χ0) is 17.2. The molecule has 22 heavy (non-hydrogen) atoms. The molecule has 0 unspecified atom stereocenters. The zero-order valence-corrected chi connectivity index (χ0v) is 13.2. The molecule has 0 saturated heterocycles. The van der Waals surface area contributed by atoms with Crippen molar-refractivity contribution in [1.82, 2.24) is 5.32 Å². The number of nitrogens with zero attached hydrogens (tertiary/aromatic N) is 1. The Morgan fingerprint density at radius 1 is 1.27 bits per heavy atom. The van der Waals surface area contributed by atoms with Crippen LogP contribution in [0.25, 0.3) is 0 Å². The van der Waals surface area contributed by atoms with Gasteiger partial charge in [0.2, 0.25) is 5.91 Å². The van der Waals surface area contributed by atoms with Crippen molar-refractivity contribution < 1.29 is 22.3 Å². The standard InChI is InChI=1S/C13H19N3O.H2O4S/c1-10(2)8-12(17)16-13(14)15-9-11-6-4-3-5-7-11;1-5(2,3)4/h3-7,10H,8-9H2,1-2H3,(H3,14,15,16,17);(H2,1,2,3,4). The lowest BCUT2D eigenvalue weighted by Crippen LogP contribution is -2.37. The molecule has 0 spiro atoms. The Bertz CT molecular complexity index is 577. The third-order valence-electron chi connectivity index (χ3n) is 2.14. The van der Waals surface area contributed by atoms with Gasteiger partial charge in [-0.25, -0.2) is 4.99 Å². The van der Waals surface area contributed by atoms with Crippen molar-refractivity contribution in [2.75, 3.05) is 0 Å². The SMILES string of the molecule is CC(C)CC(=O)NC(N)=NCc1ccccc1.O=S(=O)(O)O. The first-order valence-corrected chi connectivity index (χ1v) is 7.81. The summed E-state index contributed by atoms with van der Waals surface area (Å²) in [6.45, 7) is 4.45. The number of nitrogens with two attached hydrogens (primary N) is 1. The molecule has 1 aromatic carbocycles. The first-order chi connectivity index (χ1) is 10.1. The molecule has 5 N–H and O–H groups in total. The van der Waals surface area contributed by atoms with Crippen LogP contribution in [-0.4, -0.2) is 29.4 Å². The van der Waals surface area contributed by atoms with E-state index in [1.54, 1.807) is 0 Å². The summed E-state index contributed by atoms with van der Waals surface area (Å²) in [5.74, 6) is 0.408. The lowest BCUT2D eigenvalue weighted by molar-refractivity contribution is -0.120. The smallest absolute Gasteiger partial charge is 0.370 e. The van der Waals surface area contributed by atoms with E-state index in [4.69, 9.17) is 23.3 Å². The largest absolute Gasteiger partial charge is 0.394 e. The van der Waals surface area contributed by atoms with Gasteiger partial charge in [0, 0.05) is 6.42 Å². The molecule has 0 aliphatic rings. The van der Waals surface area contributed by atoms with Gasteiger partial charge in [-0.05, 0) is 11.5 Å². The van der Waals surface area contributed by atoms with Crippen molar-refractivity contribution in [3.8, 4) is 0 Å². The molecule has 0 bridgehead atoms. The Morgan fingerprint density at radius 3 is 2.23 bits per heavy atom. The summed E-state index contributed by atoms with van der Waals surface area (Å²) >= 11 is 0. The molecule has 0 aromatic heterocycles. The van der Waals surface area contributed by atoms with Gasteiger partial charge in [0.1, 0.15) is 0 Å². The molecule has 0 atom stereocenters. The highest BCUT2D eigenvalue weighted by molar-refractivity contribution is 7.79. The maximum absolute atomic E-state index is 11.4. The number of rotatable bonds is 4. The highest BCUT2D eigenvalue weighted by atomic mass is 32.3. The number of aliphatic imine (C=N–C) groups is 1. The van der Waals surface area contributed by atoms with Gasteiger partial charge in [-0.1, -0.05) is 44.2 Å². The summed E-state index contributed by atoms with van der Waals surface area (Å²) in [5, 5.41) is 2.57. The minimum atomic E-state index is -4.67. The van der Waals surface area contributed by atoms with Gasteiger partial charge in [-0.2, -0.15) is 8.42 Å². The Balaban J connectivity index is 0.000000763. The van der Waals surface area contributed by atoms with Gasteiger partial charge in [0.05, 0.1) is 6.54 Å². The van der Waals surface area contributed by atoms with E-state index in [0.717, 1.165) is 5.56 Å². The van der Waals surface area contributed by atoms with Crippen molar-refractivity contribution in [1.29, 1.82) is 0 Å². The highest BCUT2D eigenvalue weighted by Gasteiger charge is 2.05. The Morgan fingerprint density at radius 2 is 1.77 bits per heavy atom. The average Bonchev–Trinajstić information content (AvgIpc) is 2.34. The quantitative estimate of drug-likeness (QED) is 0.368. The number of carbonyl (C=O) groups is 1. The van der Waals surface area contributed by atoms with E-state index in [9.17, 15) is 4.79 Å². The van der Waals surface area contributed by atoms with Gasteiger partial charge in [0.25, 0.3) is 0 Å². The summed E-state index contributed by atoms with van der Waals surface area (Å²) in [5.41, 5.74) is 6.68. The van der Waals surface area contributed by atoms with E-state index in [-0.39, 0.29) is 11.9 Å². The molecular formula is C13H21N3O5S. The van der Waals surface area contributed by atoms with Gasteiger partial charge in [-0.3, -0.25) is 19.2 Å². The van der Waals surface area contributed by atoms with Crippen LogP contribution in [0.1, 0.15) is 25.8 Å². The van der Waals surface area contributed by atoms with Crippen LogP contribution in [0.4, 0.5) is 0 Å². The van der Waals surface area contributed by atoms with Crippen LogP contribution in [0.3, 0.4) is 0 Å². The van der Waals surface area contributed by atoms with Crippen LogP contribution in [-0.2, 0) is 21.7 Å². The second kappa shape index (κ2) is 9.87. The fourth-order valence-electron chi connectivity index (χ4n) is 1.36. The minimum Gasteiger partial charge on any atom is -0.370 e. The molecule has 9 heteroatoms. The predicted molar refractivity (Wildman–Crippen MR) is 83.5 cm³/mol. The first kappa shape index (κ1) is 20.0. The number of guanidine groups is 1. The third kappa shape index (κ3) is 14.4. The summed E-state index contributed by atoms with van der Waals surface area (Å²) in [6, 6.07) is 9.76. The molecule has 8 nitrogen and oxygen atoms in total. The van der Waals surface area contributed by atoms with Crippen molar-refractivity contribution in [2.24, 2.45) is 16.6 Å². The first-order valence-electron chi connectivity index (χ1n) is 6.41. The Hall–Kier alpha value is -1.97. The average molecular weight is 331 g/mol. The molecule has 124 valence electrons. The van der Waals surface area contributed by atoms with Crippen LogP contribution in [0.15, 0.2) is 35.3 Å². The molecule has 0 fully saturated rings. The fraction of sp³-hybridized carbons (Fsp3) is 0.385. The summed E-state index contributed by atoms with van der Waals surface area (Å²) in [7, 11) is -4.67. The second-order valence-electron chi connectivity index (χ2n) is 4.78. The van der Waals surface area contributed by atoms with Crippen LogP contribution in [0.2, 0.25) is 0 Å². The van der Waals surface area contributed by atoms with E-state index in [1.807, 2.05) is 44.2 Å². The molecule has 0 aliphatic heterocycles. The number of carbonyl (C=O) groups excluding carboxylic acids is 1. The fourth-order valence-corrected chi connectivity index (χ4v) is 1.36. The maximum Gasteiger partial charge on any atom is 0.394 e. The van der Waals surface area contributed by atoms with Crippen molar-refractivity contribution in [3.05, 3.63) is 35.9 Å². The van der Waals surface area contributed by atoms with Gasteiger partial charge in [0.15, 0.2) is 5.96 Å². The van der Waals surface area contributed by atoms with Crippen LogP contribution >= 0.6 is 0 Å². The monoisotopic (exact) mass is 331 g/mol. The summed E-state index contributed by atoms with van der Waals surface area (Å²) < 4.78 is 31.6. The molecule has 0 radical (unpaired) electrons. The second-order valence-corrected chi connectivity index (χ2v) is 5.68. The van der Waals surface area contributed by atoms with Crippen LogP contribution < -0.4 is 11.1 Å². The van der Waals surface area contributed by atoms with Crippen LogP contribution in [0, 0.1) is 5.92 Å². The van der Waals surface area contributed by atoms with Crippen molar-refractivity contribution >= 4 is 22.3 Å². The minimum absolute atomic E-state index is 0.0886. The Kier molecular flexibility index (Phi) is 8.99. The van der Waals surface area contributed by atoms with Gasteiger partial charge in [-0.15, -0.1) is 0 Å². The normalized spacial score (nSPS) is 11.6. The zero-order valence-electron chi connectivity index (χ0n) is 12.4. The molecule has 0 aliphatic carbocycles. The van der Waals surface area contributed by atoms with E-state index in [0.29, 0.717) is 18.9 Å². The molecule has 0 heterocycles. The van der Waals surface area contributed by atoms with Crippen molar-refractivity contribution in [3.63, 3.8) is 0 Å². The molecule has 0 saturated carbocycles. The maximum atomic E-state index is 11.4. The van der Waals surface area contributed by atoms with Crippen molar-refractivity contribution in [2.45, 2.75) is 26.8 Å². The Labute approximate surface area is 130 Å². The lowest BCUT2D eigenvalue weighted by atomic mass is 10.1. The molecule has 1 aromatic rings.